The van der Waals surface area contributed by atoms with E-state index in [0.29, 0.717) is 25.7 Å². The monoisotopic (exact) mass is 616 g/mol. The van der Waals surface area contributed by atoms with Gasteiger partial charge in [-0.2, -0.15) is 26.3 Å². The zero-order chi connectivity index (χ0) is 31.4. The number of nitro benzene ring substituents is 1. The SMILES string of the molecule is O=C(NCCOC1CCC(Nc2ccc([N+](=O)[O-])c(C(F)(F)F)c2)CC1)C(=O)NCc1cc2cc(C(F)(F)F)ccc2o1. The van der Waals surface area contributed by atoms with Crippen molar-refractivity contribution in [2.24, 2.45) is 0 Å². The minimum Gasteiger partial charge on any atom is -0.459 e. The van der Waals surface area contributed by atoms with Crippen molar-refractivity contribution in [2.45, 2.75) is 56.7 Å². The molecule has 1 saturated carbocycles. The largest absolute Gasteiger partial charge is 0.459 e. The van der Waals surface area contributed by atoms with Gasteiger partial charge in [-0.15, -0.1) is 0 Å². The molecule has 0 saturated heterocycles. The molecule has 0 radical (unpaired) electrons. The predicted octanol–water partition coefficient (Wildman–Crippen LogP) is 5.55. The Labute approximate surface area is 239 Å². The predicted molar refractivity (Wildman–Crippen MR) is 140 cm³/mol. The number of rotatable bonds is 9. The number of anilines is 1. The maximum absolute atomic E-state index is 13.2. The van der Waals surface area contributed by atoms with Crippen LogP contribution < -0.4 is 16.0 Å². The van der Waals surface area contributed by atoms with Crippen LogP contribution in [0.5, 0.6) is 0 Å². The number of nitrogens with one attached hydrogen (secondary N) is 3. The Bertz CT molecular complexity index is 1480. The number of hydrogen-bond donors (Lipinski definition) is 3. The molecule has 1 heterocycles. The summed E-state index contributed by atoms with van der Waals surface area (Å²) in [5.41, 5.74) is -2.86. The summed E-state index contributed by atoms with van der Waals surface area (Å²) in [4.78, 5) is 34.0. The summed E-state index contributed by atoms with van der Waals surface area (Å²) in [6, 6.07) is 6.93. The standard InChI is InChI=1S/C27H26F6N4O6/c28-26(29,30)16-1-8-23-15(11-16)12-20(43-23)14-35-25(39)24(38)34-9-10-42-19-5-2-17(3-6-19)36-18-4-7-22(37(40)41)21(13-18)27(31,32)33/h1,4,7-8,11-13,17,19,36H,2-3,5-6,9-10,14H2,(H,34,38)(H,35,39). The molecular formula is C27H26F6N4O6. The topological polar surface area (TPSA) is 136 Å². The molecule has 1 fully saturated rings. The van der Waals surface area contributed by atoms with Crippen molar-refractivity contribution in [1.29, 1.82) is 0 Å². The second-order valence-corrected chi connectivity index (χ2v) is 9.88. The van der Waals surface area contributed by atoms with Gasteiger partial charge in [-0.25, -0.2) is 0 Å². The Kier molecular flexibility index (Phi) is 9.47. The van der Waals surface area contributed by atoms with Gasteiger partial charge < -0.3 is 25.1 Å². The molecule has 0 spiro atoms. The number of alkyl halides is 6. The van der Waals surface area contributed by atoms with Crippen LogP contribution in [0.1, 0.15) is 42.6 Å². The molecule has 2 amide bonds. The van der Waals surface area contributed by atoms with Gasteiger partial charge in [-0.3, -0.25) is 19.7 Å². The van der Waals surface area contributed by atoms with Crippen LogP contribution in [0, 0.1) is 10.1 Å². The quantitative estimate of drug-likeness (QED) is 0.0943. The molecule has 43 heavy (non-hydrogen) atoms. The van der Waals surface area contributed by atoms with Crippen molar-refractivity contribution in [1.82, 2.24) is 10.6 Å². The molecule has 0 bridgehead atoms. The zero-order valence-electron chi connectivity index (χ0n) is 22.3. The Hall–Kier alpha value is -4.34. The lowest BCUT2D eigenvalue weighted by molar-refractivity contribution is -0.388. The molecule has 2 aromatic carbocycles. The minimum absolute atomic E-state index is 0.0261. The number of carbonyl (C=O) groups is 2. The van der Waals surface area contributed by atoms with Gasteiger partial charge in [0.1, 0.15) is 16.9 Å². The molecule has 232 valence electrons. The van der Waals surface area contributed by atoms with E-state index in [9.17, 15) is 46.0 Å². The summed E-state index contributed by atoms with van der Waals surface area (Å²) < 4.78 is 89.4. The number of nitro groups is 1. The number of carbonyl (C=O) groups excluding carboxylic acids is 2. The smallest absolute Gasteiger partial charge is 0.423 e. The number of nitrogens with zero attached hydrogens (tertiary/aromatic N) is 1. The molecular weight excluding hydrogens is 590 g/mol. The average Bonchev–Trinajstić information content (AvgIpc) is 3.36. The molecule has 3 N–H and O–H groups in total. The van der Waals surface area contributed by atoms with E-state index in [2.05, 4.69) is 16.0 Å². The molecule has 0 aliphatic heterocycles. The molecule has 0 unspecified atom stereocenters. The van der Waals surface area contributed by atoms with E-state index in [1.165, 1.54) is 18.2 Å². The highest BCUT2D eigenvalue weighted by Crippen LogP contribution is 2.38. The van der Waals surface area contributed by atoms with Crippen LogP contribution in [0.2, 0.25) is 0 Å². The fourth-order valence-corrected chi connectivity index (χ4v) is 4.70. The highest BCUT2D eigenvalue weighted by molar-refractivity contribution is 6.35. The van der Waals surface area contributed by atoms with E-state index in [4.69, 9.17) is 9.15 Å². The first-order valence-electron chi connectivity index (χ1n) is 13.1. The third-order valence-corrected chi connectivity index (χ3v) is 6.81. The first-order chi connectivity index (χ1) is 20.2. The molecule has 0 atom stereocenters. The average molecular weight is 617 g/mol. The molecule has 1 aliphatic rings. The van der Waals surface area contributed by atoms with E-state index in [1.54, 1.807) is 0 Å². The van der Waals surface area contributed by atoms with Crippen molar-refractivity contribution in [3.63, 3.8) is 0 Å². The second kappa shape index (κ2) is 12.9. The van der Waals surface area contributed by atoms with Crippen LogP contribution in [0.15, 0.2) is 46.9 Å². The highest BCUT2D eigenvalue weighted by atomic mass is 19.4. The molecule has 16 heteroatoms. The van der Waals surface area contributed by atoms with Crippen LogP contribution >= 0.6 is 0 Å². The Morgan fingerprint density at radius 1 is 0.930 bits per heavy atom. The van der Waals surface area contributed by atoms with E-state index in [1.807, 2.05) is 0 Å². The number of hydrogen-bond acceptors (Lipinski definition) is 7. The number of fused-ring (bicyclic) bond motifs is 1. The summed E-state index contributed by atoms with van der Waals surface area (Å²) in [6.07, 6.45) is -7.27. The van der Waals surface area contributed by atoms with Crippen LogP contribution in [0.3, 0.4) is 0 Å². The lowest BCUT2D eigenvalue weighted by atomic mass is 9.92. The third-order valence-electron chi connectivity index (χ3n) is 6.81. The normalized spacial score (nSPS) is 17.4. The molecule has 1 aliphatic carbocycles. The lowest BCUT2D eigenvalue weighted by Gasteiger charge is -2.30. The van der Waals surface area contributed by atoms with E-state index < -0.39 is 45.9 Å². The van der Waals surface area contributed by atoms with Gasteiger partial charge in [-0.1, -0.05) is 0 Å². The number of benzene rings is 2. The fraction of sp³-hybridized carbons (Fsp3) is 0.407. The van der Waals surface area contributed by atoms with Crippen molar-refractivity contribution < 1.29 is 50.0 Å². The van der Waals surface area contributed by atoms with E-state index >= 15 is 0 Å². The fourth-order valence-electron chi connectivity index (χ4n) is 4.70. The van der Waals surface area contributed by atoms with Crippen LogP contribution in [-0.2, 0) is 33.2 Å². The van der Waals surface area contributed by atoms with Gasteiger partial charge in [-0.05, 0) is 62.1 Å². The van der Waals surface area contributed by atoms with E-state index in [-0.39, 0.29) is 54.3 Å². The zero-order valence-corrected chi connectivity index (χ0v) is 22.3. The van der Waals surface area contributed by atoms with Gasteiger partial charge >= 0.3 is 24.2 Å². The van der Waals surface area contributed by atoms with E-state index in [0.717, 1.165) is 24.3 Å². The molecule has 4 rings (SSSR count). The maximum atomic E-state index is 13.2. The Morgan fingerprint density at radius 2 is 1.63 bits per heavy atom. The van der Waals surface area contributed by atoms with Gasteiger partial charge in [0.25, 0.3) is 5.69 Å². The third kappa shape index (κ3) is 8.37. The summed E-state index contributed by atoms with van der Waals surface area (Å²) in [6.45, 7) is -0.0874. The van der Waals surface area contributed by atoms with Crippen molar-refractivity contribution in [3.8, 4) is 0 Å². The van der Waals surface area contributed by atoms with Crippen molar-refractivity contribution >= 4 is 34.2 Å². The molecule has 10 nitrogen and oxygen atoms in total. The number of halogens is 6. The number of furan rings is 1. The maximum Gasteiger partial charge on any atom is 0.423 e. The Balaban J connectivity index is 1.14. The van der Waals surface area contributed by atoms with Gasteiger partial charge in [0.15, 0.2) is 0 Å². The van der Waals surface area contributed by atoms with Crippen LogP contribution in [0.25, 0.3) is 11.0 Å². The van der Waals surface area contributed by atoms with Crippen molar-refractivity contribution in [2.75, 3.05) is 18.5 Å². The number of amides is 2. The summed E-state index contributed by atoms with van der Waals surface area (Å²) in [7, 11) is 0. The number of ether oxygens (including phenoxy) is 1. The summed E-state index contributed by atoms with van der Waals surface area (Å²) in [5.74, 6) is -1.74. The molecule has 1 aromatic heterocycles. The first kappa shape index (κ1) is 31.6. The Morgan fingerprint density at radius 3 is 2.28 bits per heavy atom. The lowest BCUT2D eigenvalue weighted by Crippen LogP contribution is -2.41. The van der Waals surface area contributed by atoms with Gasteiger partial charge in [0, 0.05) is 29.7 Å². The highest BCUT2D eigenvalue weighted by Gasteiger charge is 2.38. The van der Waals surface area contributed by atoms with Gasteiger partial charge in [0.05, 0.1) is 29.7 Å². The summed E-state index contributed by atoms with van der Waals surface area (Å²) in [5, 5.41) is 18.8. The van der Waals surface area contributed by atoms with Gasteiger partial charge in [0.2, 0.25) is 0 Å². The first-order valence-corrected chi connectivity index (χ1v) is 13.1. The molecule has 3 aromatic rings. The second-order valence-electron chi connectivity index (χ2n) is 9.88. The minimum atomic E-state index is -4.87. The summed E-state index contributed by atoms with van der Waals surface area (Å²) >= 11 is 0. The van der Waals surface area contributed by atoms with Crippen LogP contribution in [0.4, 0.5) is 37.7 Å². The van der Waals surface area contributed by atoms with Crippen LogP contribution in [-0.4, -0.2) is 42.0 Å². The van der Waals surface area contributed by atoms with Crippen molar-refractivity contribution in [3.05, 3.63) is 69.5 Å².